The molecule has 9 heteroatoms. The maximum atomic E-state index is 12.7. The Balaban J connectivity index is 2.17. The van der Waals surface area contributed by atoms with E-state index < -0.39 is 23.4 Å². The summed E-state index contributed by atoms with van der Waals surface area (Å²) in [5.74, 6) is -1.54. The van der Waals surface area contributed by atoms with E-state index in [1.54, 1.807) is 18.2 Å². The molecule has 0 saturated carbocycles. The molecule has 0 fully saturated rings. The first-order valence-electron chi connectivity index (χ1n) is 9.30. The lowest BCUT2D eigenvalue weighted by atomic mass is 9.81. The number of hydrogen-bond donors (Lipinski definition) is 1. The zero-order valence-electron chi connectivity index (χ0n) is 17.1. The van der Waals surface area contributed by atoms with E-state index in [0.717, 1.165) is 5.56 Å². The molecule has 1 amide bonds. The van der Waals surface area contributed by atoms with Crippen molar-refractivity contribution < 1.29 is 32.2 Å². The molecule has 1 heterocycles. The largest absolute Gasteiger partial charge is 0.573 e. The molecule has 1 aromatic heterocycles. The summed E-state index contributed by atoms with van der Waals surface area (Å²) in [6.07, 6.45) is -4.74. The van der Waals surface area contributed by atoms with Crippen molar-refractivity contribution in [2.24, 2.45) is 5.73 Å². The van der Waals surface area contributed by atoms with Gasteiger partial charge in [0.05, 0.1) is 19.0 Å². The fourth-order valence-corrected chi connectivity index (χ4v) is 3.44. The van der Waals surface area contributed by atoms with Crippen LogP contribution in [-0.4, -0.2) is 29.9 Å². The highest BCUT2D eigenvalue weighted by molar-refractivity contribution is 5.99. The van der Waals surface area contributed by atoms with Gasteiger partial charge < -0.3 is 19.8 Å². The summed E-state index contributed by atoms with van der Waals surface area (Å²) in [5.41, 5.74) is 6.63. The van der Waals surface area contributed by atoms with Crippen LogP contribution < -0.4 is 10.5 Å². The monoisotopic (exact) mass is 434 g/mol. The maximum absolute atomic E-state index is 12.7. The Morgan fingerprint density at radius 3 is 2.39 bits per heavy atom. The Labute approximate surface area is 176 Å². The van der Waals surface area contributed by atoms with Gasteiger partial charge in [-0.3, -0.25) is 9.59 Å². The zero-order valence-corrected chi connectivity index (χ0v) is 17.1. The Morgan fingerprint density at radius 2 is 1.77 bits per heavy atom. The molecule has 0 unspecified atom stereocenters. The van der Waals surface area contributed by atoms with Crippen LogP contribution in [0.25, 0.3) is 16.6 Å². The number of alkyl halides is 3. The summed E-state index contributed by atoms with van der Waals surface area (Å²) in [6, 6.07) is 12.3. The fraction of sp³-hybridized carbons (Fsp3) is 0.273. The van der Waals surface area contributed by atoms with Gasteiger partial charge in [0.15, 0.2) is 0 Å². The van der Waals surface area contributed by atoms with Crippen LogP contribution in [0.4, 0.5) is 13.2 Å². The van der Waals surface area contributed by atoms with Crippen LogP contribution in [-0.2, 0) is 14.9 Å². The van der Waals surface area contributed by atoms with Gasteiger partial charge in [-0.1, -0.05) is 26.0 Å². The number of hydrogen-bond acceptors (Lipinski definition) is 4. The van der Waals surface area contributed by atoms with E-state index in [1.807, 2.05) is 19.9 Å². The number of rotatable bonds is 6. The minimum absolute atomic E-state index is 0.0992. The summed E-state index contributed by atoms with van der Waals surface area (Å²) < 4.78 is 48.3. The van der Waals surface area contributed by atoms with Gasteiger partial charge in [-0.2, -0.15) is 0 Å². The zero-order chi connectivity index (χ0) is 23.0. The van der Waals surface area contributed by atoms with Gasteiger partial charge in [0, 0.05) is 22.6 Å². The second kappa shape index (κ2) is 7.98. The van der Waals surface area contributed by atoms with E-state index in [0.29, 0.717) is 16.6 Å². The number of methoxy groups -OCH3 is 1. The second-order valence-corrected chi connectivity index (χ2v) is 7.68. The van der Waals surface area contributed by atoms with E-state index in [-0.39, 0.29) is 18.1 Å². The third-order valence-corrected chi connectivity index (χ3v) is 4.96. The van der Waals surface area contributed by atoms with Crippen molar-refractivity contribution >= 4 is 22.8 Å². The molecule has 2 N–H and O–H groups in total. The summed E-state index contributed by atoms with van der Waals surface area (Å²) in [7, 11) is 1.31. The summed E-state index contributed by atoms with van der Waals surface area (Å²) in [5, 5.41) is 0.516. The van der Waals surface area contributed by atoms with Crippen LogP contribution >= 0.6 is 0 Å². The molecule has 2 aromatic carbocycles. The molecule has 0 aliphatic heterocycles. The molecule has 0 aliphatic carbocycles. The Hall–Kier alpha value is -3.49. The number of ether oxygens (including phenoxy) is 2. The van der Waals surface area contributed by atoms with Gasteiger partial charge in [0.1, 0.15) is 11.4 Å². The topological polar surface area (TPSA) is 83.5 Å². The predicted octanol–water partition coefficient (Wildman–Crippen LogP) is 4.47. The standard InChI is InChI=1S/C22H21F3N2O4/c1-21(2,12-19(28)30-3)14-5-4-6-15(10-14)27-17-11-16(31-22(23,24)25)8-7-13(17)9-18(27)20(26)29/h4-11H,12H2,1-3H3,(H2,26,29). The van der Waals surface area contributed by atoms with E-state index in [2.05, 4.69) is 4.74 Å². The molecule has 0 spiro atoms. The van der Waals surface area contributed by atoms with Gasteiger partial charge in [0.25, 0.3) is 5.91 Å². The normalized spacial score (nSPS) is 12.1. The molecule has 3 aromatic rings. The summed E-state index contributed by atoms with van der Waals surface area (Å²) >= 11 is 0. The molecule has 6 nitrogen and oxygen atoms in total. The number of nitrogens with zero attached hydrogens (tertiary/aromatic N) is 1. The van der Waals surface area contributed by atoms with Crippen molar-refractivity contribution in [3.63, 3.8) is 0 Å². The van der Waals surface area contributed by atoms with Crippen molar-refractivity contribution in [3.8, 4) is 11.4 Å². The number of halogens is 3. The molecule has 0 saturated heterocycles. The van der Waals surface area contributed by atoms with Crippen LogP contribution in [0.1, 0.15) is 36.3 Å². The number of benzene rings is 2. The smallest absolute Gasteiger partial charge is 0.469 e. The van der Waals surface area contributed by atoms with Crippen LogP contribution in [0.3, 0.4) is 0 Å². The average molecular weight is 434 g/mol. The van der Waals surface area contributed by atoms with Crippen molar-refractivity contribution in [2.45, 2.75) is 32.0 Å². The molecule has 0 bridgehead atoms. The van der Waals surface area contributed by atoms with Crippen molar-refractivity contribution in [1.82, 2.24) is 4.57 Å². The first kappa shape index (κ1) is 22.2. The van der Waals surface area contributed by atoms with Crippen molar-refractivity contribution in [2.75, 3.05) is 7.11 Å². The van der Waals surface area contributed by atoms with Gasteiger partial charge in [-0.15, -0.1) is 13.2 Å². The number of carbonyl (C=O) groups excluding carboxylic acids is 2. The van der Waals surface area contributed by atoms with Gasteiger partial charge >= 0.3 is 12.3 Å². The van der Waals surface area contributed by atoms with E-state index in [4.69, 9.17) is 10.5 Å². The first-order chi connectivity index (χ1) is 14.4. The van der Waals surface area contributed by atoms with Crippen molar-refractivity contribution in [1.29, 1.82) is 0 Å². The third-order valence-electron chi connectivity index (χ3n) is 4.96. The summed E-state index contributed by atoms with van der Waals surface area (Å²) in [4.78, 5) is 23.9. The van der Waals surface area contributed by atoms with Crippen molar-refractivity contribution in [3.05, 3.63) is 59.8 Å². The Morgan fingerprint density at radius 1 is 1.06 bits per heavy atom. The lowest BCUT2D eigenvalue weighted by Gasteiger charge is -2.25. The molecule has 0 radical (unpaired) electrons. The molecule has 0 atom stereocenters. The van der Waals surface area contributed by atoms with Gasteiger partial charge in [-0.05, 0) is 35.9 Å². The van der Waals surface area contributed by atoms with Crippen LogP contribution in [0, 0.1) is 0 Å². The van der Waals surface area contributed by atoms with Crippen LogP contribution in [0.2, 0.25) is 0 Å². The van der Waals surface area contributed by atoms with Crippen LogP contribution in [0.5, 0.6) is 5.75 Å². The Bertz CT molecular complexity index is 1150. The lowest BCUT2D eigenvalue weighted by Crippen LogP contribution is -2.23. The average Bonchev–Trinajstić information content (AvgIpc) is 3.05. The van der Waals surface area contributed by atoms with E-state index in [9.17, 15) is 22.8 Å². The number of carbonyl (C=O) groups is 2. The minimum atomic E-state index is -4.85. The second-order valence-electron chi connectivity index (χ2n) is 7.68. The SMILES string of the molecule is COC(=O)CC(C)(C)c1cccc(-n2c(C(N)=O)cc3ccc(OC(F)(F)F)cc32)c1. The third kappa shape index (κ3) is 4.82. The number of primary amides is 1. The number of aromatic nitrogens is 1. The summed E-state index contributed by atoms with van der Waals surface area (Å²) in [6.45, 7) is 3.72. The molecular formula is C22H21F3N2O4. The highest BCUT2D eigenvalue weighted by Gasteiger charge is 2.31. The fourth-order valence-electron chi connectivity index (χ4n) is 3.44. The lowest BCUT2D eigenvalue weighted by molar-refractivity contribution is -0.274. The maximum Gasteiger partial charge on any atom is 0.573 e. The van der Waals surface area contributed by atoms with E-state index in [1.165, 1.54) is 35.9 Å². The Kier molecular flexibility index (Phi) is 5.71. The van der Waals surface area contributed by atoms with E-state index >= 15 is 0 Å². The molecule has 3 rings (SSSR count). The van der Waals surface area contributed by atoms with Crippen LogP contribution in [0.15, 0.2) is 48.5 Å². The number of esters is 1. The van der Waals surface area contributed by atoms with Gasteiger partial charge in [-0.25, -0.2) is 0 Å². The van der Waals surface area contributed by atoms with Gasteiger partial charge in [0.2, 0.25) is 0 Å². The molecule has 164 valence electrons. The highest BCUT2D eigenvalue weighted by Crippen LogP contribution is 2.33. The molecule has 0 aliphatic rings. The predicted molar refractivity (Wildman–Crippen MR) is 108 cm³/mol. The highest BCUT2D eigenvalue weighted by atomic mass is 19.4. The molecular weight excluding hydrogens is 413 g/mol. The number of nitrogens with two attached hydrogens (primary N) is 1. The minimum Gasteiger partial charge on any atom is -0.469 e. The number of fused-ring (bicyclic) bond motifs is 1. The number of amides is 1. The quantitative estimate of drug-likeness (QED) is 0.581. The molecule has 31 heavy (non-hydrogen) atoms. The first-order valence-corrected chi connectivity index (χ1v) is 9.30.